The molecule has 0 saturated heterocycles. The number of carbonyl (C=O) groups excluding carboxylic acids is 1. The largest absolute Gasteiger partial charge is 0.308 e. The molecule has 0 unspecified atom stereocenters. The Labute approximate surface area is 244 Å². The number of aromatic nitrogens is 1. The number of thiazole rings is 1. The van der Waals surface area contributed by atoms with E-state index in [2.05, 4.69) is 12.1 Å². The highest BCUT2D eigenvalue weighted by Crippen LogP contribution is 2.32. The van der Waals surface area contributed by atoms with Crippen molar-refractivity contribution in [1.82, 2.24) is 14.2 Å². The molecule has 0 bridgehead atoms. The average Bonchev–Trinajstić information content (AvgIpc) is 3.35. The molecule has 1 amide bonds. The third-order valence-electron chi connectivity index (χ3n) is 6.67. The molecule has 1 aliphatic rings. The number of likely N-dealkylation sites (N-methyl/N-ethyl adjacent to an activating group) is 1. The summed E-state index contributed by atoms with van der Waals surface area (Å²) >= 11 is 3.16. The minimum absolute atomic E-state index is 0. The molecule has 0 saturated carbocycles. The zero-order chi connectivity index (χ0) is 26.9. The summed E-state index contributed by atoms with van der Waals surface area (Å²) in [5.41, 5.74) is 3.51. The molecule has 0 spiro atoms. The molecule has 0 aliphatic carbocycles. The van der Waals surface area contributed by atoms with E-state index in [0.717, 1.165) is 20.7 Å². The molecule has 39 heavy (non-hydrogen) atoms. The first kappa shape index (κ1) is 29.5. The second kappa shape index (κ2) is 12.4. The van der Waals surface area contributed by atoms with Crippen LogP contribution in [-0.4, -0.2) is 68.5 Å². The number of sulfonamides is 1. The van der Waals surface area contributed by atoms with E-state index in [4.69, 9.17) is 4.98 Å². The van der Waals surface area contributed by atoms with Gasteiger partial charge in [0.15, 0.2) is 5.13 Å². The van der Waals surface area contributed by atoms with Crippen LogP contribution in [0.3, 0.4) is 0 Å². The second-order valence-corrected chi connectivity index (χ2v) is 13.3. The SMILES string of the molecule is CSc1ccc2nc(N(CCN(C)C)C(=O)c3ccc(S(=O)(=O)N4CCc5ccccc5C4)cc3)sc2c1.Cl. The molecule has 2 heterocycles. The van der Waals surface area contributed by atoms with Crippen molar-refractivity contribution in [3.8, 4) is 0 Å². The molecule has 7 nitrogen and oxygen atoms in total. The smallest absolute Gasteiger partial charge is 0.260 e. The Morgan fingerprint density at radius 3 is 2.44 bits per heavy atom. The molecule has 4 aromatic rings. The highest BCUT2D eigenvalue weighted by atomic mass is 35.5. The van der Waals surface area contributed by atoms with E-state index in [0.29, 0.717) is 43.3 Å². The first-order chi connectivity index (χ1) is 18.3. The van der Waals surface area contributed by atoms with Crippen LogP contribution >= 0.6 is 35.5 Å². The lowest BCUT2D eigenvalue weighted by Crippen LogP contribution is -2.37. The number of hydrogen-bond donors (Lipinski definition) is 0. The second-order valence-electron chi connectivity index (χ2n) is 9.47. The van der Waals surface area contributed by atoms with E-state index in [1.54, 1.807) is 28.8 Å². The lowest BCUT2D eigenvalue weighted by Gasteiger charge is -2.28. The summed E-state index contributed by atoms with van der Waals surface area (Å²) in [6.45, 7) is 1.93. The predicted octanol–water partition coefficient (Wildman–Crippen LogP) is 5.40. The molecule has 1 aliphatic heterocycles. The Hall–Kier alpha value is -2.47. The summed E-state index contributed by atoms with van der Waals surface area (Å²) in [7, 11) is 0.250. The van der Waals surface area contributed by atoms with Gasteiger partial charge in [-0.15, -0.1) is 24.2 Å². The van der Waals surface area contributed by atoms with Crippen LogP contribution in [0.1, 0.15) is 21.5 Å². The summed E-state index contributed by atoms with van der Waals surface area (Å²) in [5, 5.41) is 0.633. The summed E-state index contributed by atoms with van der Waals surface area (Å²) in [4.78, 5) is 23.5. The number of amides is 1. The maximum absolute atomic E-state index is 13.7. The lowest BCUT2D eigenvalue weighted by molar-refractivity contribution is 0.0985. The summed E-state index contributed by atoms with van der Waals surface area (Å²) in [5.74, 6) is -0.202. The van der Waals surface area contributed by atoms with E-state index in [-0.39, 0.29) is 23.2 Å². The van der Waals surface area contributed by atoms with Crippen molar-refractivity contribution >= 4 is 66.8 Å². The summed E-state index contributed by atoms with van der Waals surface area (Å²) < 4.78 is 29.3. The lowest BCUT2D eigenvalue weighted by atomic mass is 10.0. The number of nitrogens with zero attached hydrogens (tertiary/aromatic N) is 4. The minimum atomic E-state index is -3.68. The van der Waals surface area contributed by atoms with Gasteiger partial charge in [-0.25, -0.2) is 13.4 Å². The number of thioether (sulfide) groups is 1. The molecule has 5 rings (SSSR count). The van der Waals surface area contributed by atoms with Gasteiger partial charge in [-0.05, 0) is 80.4 Å². The highest BCUT2D eigenvalue weighted by Gasteiger charge is 2.29. The van der Waals surface area contributed by atoms with Crippen molar-refractivity contribution in [3.63, 3.8) is 0 Å². The van der Waals surface area contributed by atoms with Crippen molar-refractivity contribution in [1.29, 1.82) is 0 Å². The fourth-order valence-corrected chi connectivity index (χ4v) is 7.43. The van der Waals surface area contributed by atoms with Crippen LogP contribution in [0.25, 0.3) is 10.2 Å². The molecular formula is C28H31ClN4O3S3. The van der Waals surface area contributed by atoms with Crippen molar-refractivity contribution in [3.05, 3.63) is 83.4 Å². The molecule has 0 N–H and O–H groups in total. The van der Waals surface area contributed by atoms with Crippen LogP contribution in [0, 0.1) is 0 Å². The Bertz CT molecular complexity index is 1570. The number of rotatable bonds is 8. The van der Waals surface area contributed by atoms with E-state index < -0.39 is 10.0 Å². The van der Waals surface area contributed by atoms with E-state index in [1.807, 2.05) is 55.6 Å². The fraction of sp³-hybridized carbons (Fsp3) is 0.286. The van der Waals surface area contributed by atoms with E-state index in [1.165, 1.54) is 33.3 Å². The van der Waals surface area contributed by atoms with Crippen molar-refractivity contribution < 1.29 is 13.2 Å². The van der Waals surface area contributed by atoms with Crippen molar-refractivity contribution in [2.24, 2.45) is 0 Å². The Morgan fingerprint density at radius 1 is 1.03 bits per heavy atom. The van der Waals surface area contributed by atoms with Crippen LogP contribution in [0.4, 0.5) is 5.13 Å². The van der Waals surface area contributed by atoms with Gasteiger partial charge in [0.05, 0.1) is 15.1 Å². The topological polar surface area (TPSA) is 73.8 Å². The normalized spacial score (nSPS) is 13.7. The third kappa shape index (κ3) is 6.32. The maximum atomic E-state index is 13.7. The first-order valence-electron chi connectivity index (χ1n) is 12.3. The highest BCUT2D eigenvalue weighted by molar-refractivity contribution is 7.98. The van der Waals surface area contributed by atoms with Gasteiger partial charge >= 0.3 is 0 Å². The molecule has 0 fully saturated rings. The van der Waals surface area contributed by atoms with Crippen LogP contribution in [0.15, 0.2) is 76.5 Å². The number of anilines is 1. The summed E-state index contributed by atoms with van der Waals surface area (Å²) in [6, 6.07) is 20.3. The van der Waals surface area contributed by atoms with Gasteiger partial charge < -0.3 is 4.90 Å². The number of fused-ring (bicyclic) bond motifs is 2. The van der Waals surface area contributed by atoms with E-state index in [9.17, 15) is 13.2 Å². The average molecular weight is 603 g/mol. The Morgan fingerprint density at radius 2 is 1.74 bits per heavy atom. The van der Waals surface area contributed by atoms with Gasteiger partial charge in [0, 0.05) is 36.6 Å². The Kier molecular flexibility index (Phi) is 9.36. The quantitative estimate of drug-likeness (QED) is 0.252. The monoisotopic (exact) mass is 602 g/mol. The van der Waals surface area contributed by atoms with E-state index >= 15 is 0 Å². The van der Waals surface area contributed by atoms with Crippen LogP contribution in [-0.2, 0) is 23.0 Å². The van der Waals surface area contributed by atoms with Gasteiger partial charge in [0.1, 0.15) is 0 Å². The van der Waals surface area contributed by atoms with Gasteiger partial charge in [0.2, 0.25) is 10.0 Å². The first-order valence-corrected chi connectivity index (χ1v) is 15.8. The Balaban J connectivity index is 0.00000353. The predicted molar refractivity (Wildman–Crippen MR) is 163 cm³/mol. The van der Waals surface area contributed by atoms with Gasteiger partial charge in [-0.3, -0.25) is 9.69 Å². The number of carbonyl (C=O) groups is 1. The zero-order valence-corrected chi connectivity index (χ0v) is 25.3. The number of benzene rings is 3. The maximum Gasteiger partial charge on any atom is 0.260 e. The van der Waals surface area contributed by atoms with Crippen molar-refractivity contribution in [2.45, 2.75) is 22.8 Å². The molecule has 1 aromatic heterocycles. The van der Waals surface area contributed by atoms with Crippen molar-refractivity contribution in [2.75, 3.05) is 44.9 Å². The minimum Gasteiger partial charge on any atom is -0.308 e. The van der Waals surface area contributed by atoms with Crippen LogP contribution in [0.5, 0.6) is 0 Å². The van der Waals surface area contributed by atoms with Crippen LogP contribution in [0.2, 0.25) is 0 Å². The third-order valence-corrected chi connectivity index (χ3v) is 10.3. The summed E-state index contributed by atoms with van der Waals surface area (Å²) in [6.07, 6.45) is 2.72. The standard InChI is InChI=1S/C28H30N4O3S3.ClH/c1-30(2)16-17-32(28-29-25-13-10-23(36-3)18-26(25)37-28)27(33)21-8-11-24(12-9-21)38(34,35)31-15-14-20-6-4-5-7-22(20)19-31;/h4-13,18H,14-17,19H2,1-3H3;1H. The molecule has 0 atom stereocenters. The molecular weight excluding hydrogens is 572 g/mol. The number of halogens is 1. The molecule has 11 heteroatoms. The van der Waals surface area contributed by atoms with Gasteiger partial charge in [0.25, 0.3) is 5.91 Å². The zero-order valence-electron chi connectivity index (χ0n) is 22.0. The molecule has 206 valence electrons. The molecule has 0 radical (unpaired) electrons. The van der Waals surface area contributed by atoms with Gasteiger partial charge in [-0.1, -0.05) is 35.6 Å². The van der Waals surface area contributed by atoms with Crippen LogP contribution < -0.4 is 4.90 Å². The number of hydrogen-bond acceptors (Lipinski definition) is 7. The fourth-order valence-electron chi connectivity index (χ4n) is 4.47. The molecule has 3 aromatic carbocycles. The van der Waals surface area contributed by atoms with Gasteiger partial charge in [-0.2, -0.15) is 4.31 Å².